The zero-order valence-electron chi connectivity index (χ0n) is 7.34. The zero-order chi connectivity index (χ0) is 9.03. The van der Waals surface area contributed by atoms with Crippen molar-refractivity contribution in [3.63, 3.8) is 0 Å². The van der Waals surface area contributed by atoms with E-state index in [1.807, 2.05) is 18.2 Å². The third kappa shape index (κ3) is 1.23. The lowest BCUT2D eigenvalue weighted by Crippen LogP contribution is -2.25. The fourth-order valence-electron chi connectivity index (χ4n) is 1.58. The summed E-state index contributed by atoms with van der Waals surface area (Å²) in [5.74, 6) is 6.66. The van der Waals surface area contributed by atoms with Gasteiger partial charge in [0.1, 0.15) is 0 Å². The summed E-state index contributed by atoms with van der Waals surface area (Å²) < 4.78 is 0. The minimum Gasteiger partial charge on any atom is -0.103 e. The van der Waals surface area contributed by atoms with Crippen LogP contribution in [0, 0.1) is 23.2 Å². The van der Waals surface area contributed by atoms with E-state index < -0.39 is 0 Å². The van der Waals surface area contributed by atoms with Gasteiger partial charge in [0.15, 0.2) is 0 Å². The molecule has 1 unspecified atom stereocenters. The lowest BCUT2D eigenvalue weighted by atomic mass is 9.71. The molecule has 62 valence electrons. The van der Waals surface area contributed by atoms with E-state index in [-0.39, 0.29) is 5.41 Å². The Morgan fingerprint density at radius 2 is 1.92 bits per heavy atom. The Morgan fingerprint density at radius 3 is 2.33 bits per heavy atom. The fraction of sp³-hybridized carbons (Fsp3) is 0.333. The maximum absolute atomic E-state index is 3.81. The van der Waals surface area contributed by atoms with Crippen molar-refractivity contribution in [1.29, 1.82) is 0 Å². The molecule has 1 atom stereocenters. The van der Waals surface area contributed by atoms with Gasteiger partial charge in [-0.05, 0) is 6.42 Å². The molecule has 0 amide bonds. The minimum absolute atomic E-state index is 0.222. The average molecular weight is 158 g/mol. The van der Waals surface area contributed by atoms with Gasteiger partial charge >= 0.3 is 0 Å². The summed E-state index contributed by atoms with van der Waals surface area (Å²) in [5.41, 5.74) is -0.222. The highest BCUT2D eigenvalue weighted by Crippen LogP contribution is 2.36. The molecule has 1 rings (SSSR count). The van der Waals surface area contributed by atoms with E-state index in [2.05, 4.69) is 31.6 Å². The van der Waals surface area contributed by atoms with Crippen LogP contribution < -0.4 is 0 Å². The maximum atomic E-state index is 3.81. The number of allylic oxidation sites excluding steroid dienone is 3. The van der Waals surface area contributed by atoms with E-state index in [9.17, 15) is 0 Å². The maximum Gasteiger partial charge on any atom is 0.0731 e. The Kier molecular flexibility index (Phi) is 2.55. The van der Waals surface area contributed by atoms with Crippen molar-refractivity contribution in [3.8, 4) is 11.8 Å². The molecule has 0 aliphatic heterocycles. The van der Waals surface area contributed by atoms with Gasteiger partial charge < -0.3 is 0 Å². The van der Waals surface area contributed by atoms with Gasteiger partial charge in [0, 0.05) is 12.3 Å². The number of rotatable bonds is 3. The molecule has 1 aliphatic rings. The minimum atomic E-state index is -0.222. The first kappa shape index (κ1) is 8.87. The van der Waals surface area contributed by atoms with Crippen LogP contribution in [0.3, 0.4) is 0 Å². The molecular formula is C12H14. The standard InChI is InChI=1S/C12H14/c1-4-11-9-7-8-10-12(11,5-2)6-3/h4-6,11H,1-3,7,9H2. The molecule has 0 saturated carbocycles. The van der Waals surface area contributed by atoms with Crippen molar-refractivity contribution in [2.75, 3.05) is 0 Å². The van der Waals surface area contributed by atoms with Gasteiger partial charge in [-0.15, -0.1) is 25.7 Å². The van der Waals surface area contributed by atoms with Crippen molar-refractivity contribution in [2.24, 2.45) is 11.3 Å². The van der Waals surface area contributed by atoms with Crippen molar-refractivity contribution in [2.45, 2.75) is 12.8 Å². The summed E-state index contributed by atoms with van der Waals surface area (Å²) in [7, 11) is 0. The normalized spacial score (nSPS) is 24.8. The highest BCUT2D eigenvalue weighted by atomic mass is 14.3. The largest absolute Gasteiger partial charge is 0.103 e. The van der Waals surface area contributed by atoms with Crippen molar-refractivity contribution >= 4 is 0 Å². The van der Waals surface area contributed by atoms with Crippen molar-refractivity contribution in [1.82, 2.24) is 0 Å². The fourth-order valence-corrected chi connectivity index (χ4v) is 1.58. The summed E-state index contributed by atoms with van der Waals surface area (Å²) in [5, 5.41) is 0. The quantitative estimate of drug-likeness (QED) is 0.437. The molecule has 0 bridgehead atoms. The van der Waals surface area contributed by atoms with E-state index >= 15 is 0 Å². The molecule has 0 N–H and O–H groups in total. The smallest absolute Gasteiger partial charge is 0.0731 e. The summed E-state index contributed by atoms with van der Waals surface area (Å²) in [6.07, 6.45) is 7.73. The molecule has 0 saturated heterocycles. The monoisotopic (exact) mass is 158 g/mol. The summed E-state index contributed by atoms with van der Waals surface area (Å²) in [4.78, 5) is 0. The molecule has 0 heterocycles. The van der Waals surface area contributed by atoms with Crippen molar-refractivity contribution < 1.29 is 0 Å². The number of hydrogen-bond acceptors (Lipinski definition) is 0. The average Bonchev–Trinajstić information content (AvgIpc) is 2.17. The molecule has 0 spiro atoms. The molecule has 0 radical (unpaired) electrons. The second-order valence-electron chi connectivity index (χ2n) is 3.02. The highest BCUT2D eigenvalue weighted by molar-refractivity contribution is 5.32. The van der Waals surface area contributed by atoms with Gasteiger partial charge in [-0.1, -0.05) is 24.1 Å². The van der Waals surface area contributed by atoms with E-state index in [0.717, 1.165) is 12.8 Å². The van der Waals surface area contributed by atoms with Crippen LogP contribution in [0.25, 0.3) is 0 Å². The van der Waals surface area contributed by atoms with Crippen LogP contribution in [0.4, 0.5) is 0 Å². The molecule has 0 heteroatoms. The third-order valence-electron chi connectivity index (χ3n) is 2.46. The van der Waals surface area contributed by atoms with Gasteiger partial charge in [-0.3, -0.25) is 0 Å². The summed E-state index contributed by atoms with van der Waals surface area (Å²) in [6.45, 7) is 11.4. The molecule has 0 aromatic carbocycles. The first-order valence-electron chi connectivity index (χ1n) is 4.19. The van der Waals surface area contributed by atoms with Gasteiger partial charge in [0.05, 0.1) is 5.41 Å². The first-order chi connectivity index (χ1) is 5.79. The zero-order valence-corrected chi connectivity index (χ0v) is 7.34. The molecule has 0 aromatic heterocycles. The molecule has 0 nitrogen and oxygen atoms in total. The van der Waals surface area contributed by atoms with Gasteiger partial charge in [0.2, 0.25) is 0 Å². The first-order valence-corrected chi connectivity index (χ1v) is 4.19. The lowest BCUT2D eigenvalue weighted by Gasteiger charge is -2.30. The van der Waals surface area contributed by atoms with Crippen LogP contribution in [-0.4, -0.2) is 0 Å². The molecule has 1 aliphatic carbocycles. The molecular weight excluding hydrogens is 144 g/mol. The van der Waals surface area contributed by atoms with Crippen LogP contribution in [0.2, 0.25) is 0 Å². The van der Waals surface area contributed by atoms with Crippen LogP contribution in [0.5, 0.6) is 0 Å². The van der Waals surface area contributed by atoms with Gasteiger partial charge in [-0.2, -0.15) is 0 Å². The van der Waals surface area contributed by atoms with Crippen LogP contribution in [-0.2, 0) is 0 Å². The molecule has 0 aromatic rings. The van der Waals surface area contributed by atoms with E-state index in [4.69, 9.17) is 0 Å². The predicted molar refractivity (Wildman–Crippen MR) is 53.5 cm³/mol. The van der Waals surface area contributed by atoms with E-state index in [0.29, 0.717) is 5.92 Å². The Hall–Kier alpha value is -1.22. The summed E-state index contributed by atoms with van der Waals surface area (Å²) in [6, 6.07) is 0. The van der Waals surface area contributed by atoms with Gasteiger partial charge in [-0.25, -0.2) is 0 Å². The van der Waals surface area contributed by atoms with Crippen LogP contribution in [0.15, 0.2) is 38.0 Å². The Balaban J connectivity index is 3.07. The van der Waals surface area contributed by atoms with Crippen LogP contribution >= 0.6 is 0 Å². The SMILES string of the molecule is C=CC1CCC#CC1(C=C)C=C. The lowest BCUT2D eigenvalue weighted by molar-refractivity contribution is 0.425. The second kappa shape index (κ2) is 3.45. The van der Waals surface area contributed by atoms with E-state index in [1.54, 1.807) is 0 Å². The Morgan fingerprint density at radius 1 is 1.25 bits per heavy atom. The van der Waals surface area contributed by atoms with E-state index in [1.165, 1.54) is 0 Å². The van der Waals surface area contributed by atoms with Gasteiger partial charge in [0.25, 0.3) is 0 Å². The topological polar surface area (TPSA) is 0 Å². The Labute approximate surface area is 74.7 Å². The third-order valence-corrected chi connectivity index (χ3v) is 2.46. The molecule has 0 fully saturated rings. The predicted octanol–water partition coefficient (Wildman–Crippen LogP) is 2.94. The van der Waals surface area contributed by atoms with Crippen LogP contribution in [0.1, 0.15) is 12.8 Å². The van der Waals surface area contributed by atoms with Crippen molar-refractivity contribution in [3.05, 3.63) is 38.0 Å². The second-order valence-corrected chi connectivity index (χ2v) is 3.02. The Bertz CT molecular complexity index is 251. The molecule has 12 heavy (non-hydrogen) atoms. The summed E-state index contributed by atoms with van der Waals surface area (Å²) >= 11 is 0. The highest BCUT2D eigenvalue weighted by Gasteiger charge is 2.30. The number of hydrogen-bond donors (Lipinski definition) is 0.